The molecule has 0 aromatic heterocycles. The zero-order chi connectivity index (χ0) is 39.3. The Morgan fingerprint density at radius 3 is 2.21 bits per heavy atom. The van der Waals surface area contributed by atoms with Crippen LogP contribution in [0.1, 0.15) is 101 Å². The van der Waals surface area contributed by atoms with Gasteiger partial charge < -0.3 is 58.8 Å². The minimum Gasteiger partial charge on any atom is -0.459 e. The number of cyclic esters (lactones) is 1. The lowest BCUT2D eigenvalue weighted by atomic mass is 9.77. The van der Waals surface area contributed by atoms with Gasteiger partial charge in [0.15, 0.2) is 12.6 Å². The van der Waals surface area contributed by atoms with Crippen LogP contribution in [0.2, 0.25) is 0 Å². The van der Waals surface area contributed by atoms with Crippen molar-refractivity contribution in [3.05, 3.63) is 11.4 Å². The van der Waals surface area contributed by atoms with Crippen molar-refractivity contribution in [1.82, 2.24) is 4.90 Å². The molecule has 0 radical (unpaired) electrons. The van der Waals surface area contributed by atoms with Crippen LogP contribution in [0, 0.1) is 24.3 Å². The first-order valence-corrected chi connectivity index (χ1v) is 19.1. The third kappa shape index (κ3) is 10.4. The van der Waals surface area contributed by atoms with Crippen LogP contribution < -0.4 is 0 Å². The maximum atomic E-state index is 14.2. The van der Waals surface area contributed by atoms with Crippen molar-refractivity contribution in [2.45, 2.75) is 186 Å². The summed E-state index contributed by atoms with van der Waals surface area (Å²) in [5.74, 6) is -2.71. The lowest BCUT2D eigenvalue weighted by molar-refractivity contribution is -0.314. The van der Waals surface area contributed by atoms with Crippen LogP contribution in [-0.2, 0) is 33.2 Å². The molecule has 17 atom stereocenters. The van der Waals surface area contributed by atoms with E-state index in [1.807, 2.05) is 18.7 Å². The Kier molecular flexibility index (Phi) is 15.9. The van der Waals surface area contributed by atoms with Gasteiger partial charge in [-0.25, -0.2) is 6.57 Å². The number of rotatable bonds is 8. The summed E-state index contributed by atoms with van der Waals surface area (Å²) >= 11 is 0. The Morgan fingerprint density at radius 1 is 0.962 bits per heavy atom. The average Bonchev–Trinajstić information content (AvgIpc) is 3.08. The number of aliphatic hydroxyl groups is 5. The second kappa shape index (κ2) is 18.4. The van der Waals surface area contributed by atoms with E-state index in [9.17, 15) is 30.3 Å². The second-order valence-corrected chi connectivity index (χ2v) is 16.5. The predicted octanol–water partition coefficient (Wildman–Crippen LogP) is 2.65. The molecule has 0 amide bonds. The SMILES string of the molecule is [C-]#[N+]CCN1C[C@H](C)C[C@@](C)(O)[C@H](O[C@@H]2O[C@H](C)CC[C@H]2O)[C@@H](C)[C@H](O[C@H]2C[C@@](C)(OC)[C@@H](O)[C@H](C)O2)[C@@H](C)C(=O)O[C@H](CC)[C@@](C)(O)[C@H](O)[C@H]1C. The maximum Gasteiger partial charge on any atom is 0.311 e. The summed E-state index contributed by atoms with van der Waals surface area (Å²) in [7, 11) is 1.50. The van der Waals surface area contributed by atoms with Crippen molar-refractivity contribution in [2.24, 2.45) is 17.8 Å². The maximum absolute atomic E-state index is 14.2. The van der Waals surface area contributed by atoms with E-state index in [1.165, 1.54) is 14.0 Å². The minimum atomic E-state index is -1.87. The highest BCUT2D eigenvalue weighted by molar-refractivity contribution is 5.73. The van der Waals surface area contributed by atoms with Crippen molar-refractivity contribution in [3.8, 4) is 0 Å². The molecule has 3 aliphatic heterocycles. The molecule has 52 heavy (non-hydrogen) atoms. The molecule has 14 heteroatoms. The molecule has 0 spiro atoms. The highest BCUT2D eigenvalue weighted by Crippen LogP contribution is 2.40. The highest BCUT2D eigenvalue weighted by Gasteiger charge is 2.52. The van der Waals surface area contributed by atoms with Crippen molar-refractivity contribution in [2.75, 3.05) is 26.7 Å². The number of hydrogen-bond donors (Lipinski definition) is 5. The van der Waals surface area contributed by atoms with Gasteiger partial charge in [0.1, 0.15) is 30.0 Å². The molecule has 302 valence electrons. The predicted molar refractivity (Wildman–Crippen MR) is 192 cm³/mol. The number of methoxy groups -OCH3 is 1. The van der Waals surface area contributed by atoms with Gasteiger partial charge in [0, 0.05) is 32.0 Å². The highest BCUT2D eigenvalue weighted by atomic mass is 16.7. The Hall–Kier alpha value is -1.48. The van der Waals surface area contributed by atoms with E-state index in [4.69, 9.17) is 35.0 Å². The molecule has 0 bridgehead atoms. The van der Waals surface area contributed by atoms with Crippen LogP contribution in [-0.4, -0.2) is 147 Å². The number of esters is 1. The number of nitrogens with zero attached hydrogens (tertiary/aromatic N) is 2. The Morgan fingerprint density at radius 2 is 1.62 bits per heavy atom. The molecule has 0 aromatic carbocycles. The van der Waals surface area contributed by atoms with Crippen LogP contribution >= 0.6 is 0 Å². The van der Waals surface area contributed by atoms with Crippen LogP contribution in [0.3, 0.4) is 0 Å². The number of aliphatic hydroxyl groups excluding tert-OH is 3. The van der Waals surface area contributed by atoms with Crippen LogP contribution in [0.5, 0.6) is 0 Å². The molecule has 0 saturated carbocycles. The number of ether oxygens (including phenoxy) is 6. The zero-order valence-electron chi connectivity index (χ0n) is 33.2. The van der Waals surface area contributed by atoms with Gasteiger partial charge in [-0.3, -0.25) is 9.69 Å². The average molecular weight is 745 g/mol. The number of carbonyl (C=O) groups excluding carboxylic acids is 1. The van der Waals surface area contributed by atoms with E-state index < -0.39 is 96.0 Å². The monoisotopic (exact) mass is 744 g/mol. The van der Waals surface area contributed by atoms with E-state index in [0.29, 0.717) is 25.9 Å². The molecule has 0 aliphatic carbocycles. The standard InChI is InChI=1S/C38H68N2O12/c1-13-28-38(10,46)31(42)25(6)40(17-16-39-11)20-21(2)18-36(8,45)33(52-35-27(41)15-14-22(3)48-35)23(4)30(24(5)34(44)50-28)51-29-19-37(9,47-12)32(43)26(7)49-29/h21-33,35,41-43,45-46H,13-20H2,1-10,12H3/t21-,22-,23+,24-,25-,26+,27-,28-,29+,30+,31-,32+,33-,35+,36-,37-,38-/m1/s1. The summed E-state index contributed by atoms with van der Waals surface area (Å²) in [5, 5.41) is 57.8. The zero-order valence-corrected chi connectivity index (χ0v) is 33.2. The molecular formula is C38H68N2O12. The smallest absolute Gasteiger partial charge is 0.311 e. The Labute approximate surface area is 310 Å². The summed E-state index contributed by atoms with van der Waals surface area (Å²) < 4.78 is 37.2. The molecule has 3 heterocycles. The van der Waals surface area contributed by atoms with E-state index in [-0.39, 0.29) is 37.8 Å². The van der Waals surface area contributed by atoms with Crippen LogP contribution in [0.25, 0.3) is 4.85 Å². The summed E-state index contributed by atoms with van der Waals surface area (Å²) in [6.07, 6.45) is -7.80. The fourth-order valence-electron chi connectivity index (χ4n) is 8.47. The first-order chi connectivity index (χ1) is 24.1. The van der Waals surface area contributed by atoms with Gasteiger partial charge in [-0.1, -0.05) is 20.8 Å². The largest absolute Gasteiger partial charge is 0.459 e. The third-order valence-electron chi connectivity index (χ3n) is 11.8. The lowest BCUT2D eigenvalue weighted by Gasteiger charge is -2.48. The molecule has 14 nitrogen and oxygen atoms in total. The summed E-state index contributed by atoms with van der Waals surface area (Å²) in [6.45, 7) is 25.6. The van der Waals surface area contributed by atoms with Crippen molar-refractivity contribution < 1.29 is 58.7 Å². The molecule has 3 aliphatic rings. The fraction of sp³-hybridized carbons (Fsp3) is 0.947. The molecule has 5 N–H and O–H groups in total. The lowest BCUT2D eigenvalue weighted by Crippen LogP contribution is -2.60. The van der Waals surface area contributed by atoms with Gasteiger partial charge in [0.25, 0.3) is 0 Å². The molecular weight excluding hydrogens is 676 g/mol. The quantitative estimate of drug-likeness (QED) is 0.181. The number of hydrogen-bond acceptors (Lipinski definition) is 13. The van der Waals surface area contributed by atoms with Crippen molar-refractivity contribution in [1.29, 1.82) is 0 Å². The van der Waals surface area contributed by atoms with Gasteiger partial charge in [-0.15, -0.1) is 0 Å². The number of carbonyl (C=O) groups is 1. The first-order valence-electron chi connectivity index (χ1n) is 19.1. The molecule has 0 unspecified atom stereocenters. The van der Waals surface area contributed by atoms with Crippen molar-refractivity contribution >= 4 is 5.97 Å². The van der Waals surface area contributed by atoms with E-state index in [0.717, 1.165) is 0 Å². The molecule has 3 fully saturated rings. The minimum absolute atomic E-state index is 0.123. The van der Waals surface area contributed by atoms with Gasteiger partial charge in [-0.05, 0) is 80.1 Å². The second-order valence-electron chi connectivity index (χ2n) is 16.5. The van der Waals surface area contributed by atoms with Gasteiger partial charge in [0.2, 0.25) is 6.54 Å². The topological polar surface area (TPSA) is 181 Å². The molecule has 3 rings (SSSR count). The van der Waals surface area contributed by atoms with E-state index in [1.54, 1.807) is 48.5 Å². The summed E-state index contributed by atoms with van der Waals surface area (Å²) in [4.78, 5) is 19.6. The van der Waals surface area contributed by atoms with Gasteiger partial charge >= 0.3 is 5.97 Å². The van der Waals surface area contributed by atoms with Gasteiger partial charge in [0.05, 0.1) is 48.1 Å². The van der Waals surface area contributed by atoms with E-state index >= 15 is 0 Å². The normalized spacial score (nSPS) is 47.9. The summed E-state index contributed by atoms with van der Waals surface area (Å²) in [6, 6.07) is -0.648. The van der Waals surface area contributed by atoms with Crippen molar-refractivity contribution in [3.63, 3.8) is 0 Å². The van der Waals surface area contributed by atoms with E-state index in [2.05, 4.69) is 4.85 Å². The Bertz CT molecular complexity index is 1180. The molecule has 3 saturated heterocycles. The summed E-state index contributed by atoms with van der Waals surface area (Å²) in [5.41, 5.74) is -4.48. The third-order valence-corrected chi connectivity index (χ3v) is 11.8. The van der Waals surface area contributed by atoms with Crippen LogP contribution in [0.4, 0.5) is 0 Å². The fourth-order valence-corrected chi connectivity index (χ4v) is 8.47. The molecule has 0 aromatic rings. The Balaban J connectivity index is 2.17. The van der Waals surface area contributed by atoms with Gasteiger partial charge in [-0.2, -0.15) is 0 Å². The first kappa shape index (κ1) is 44.9. The van der Waals surface area contributed by atoms with Crippen LogP contribution in [0.15, 0.2) is 0 Å².